The SMILES string of the molecule is COc1cc(N2CCC3(CCNCC3)CC2)c(Cl)cc1Nc1cc(Nc2ccccc2P(C)(C)=O)c(Cl)cn1. The fourth-order valence-corrected chi connectivity index (χ4v) is 7.25. The Morgan fingerprint density at radius 3 is 2.36 bits per heavy atom. The number of benzene rings is 2. The van der Waals surface area contributed by atoms with Crippen molar-refractivity contribution >= 4 is 64.2 Å². The van der Waals surface area contributed by atoms with Crippen LogP contribution >= 0.6 is 30.3 Å². The molecule has 3 heterocycles. The summed E-state index contributed by atoms with van der Waals surface area (Å²) in [7, 11) is -0.834. The molecule has 2 aliphatic heterocycles. The fraction of sp³-hybridized carbons (Fsp3) is 0.414. The van der Waals surface area contributed by atoms with Gasteiger partial charge in [0.1, 0.15) is 18.7 Å². The van der Waals surface area contributed by atoms with Gasteiger partial charge in [0, 0.05) is 36.2 Å². The van der Waals surface area contributed by atoms with Crippen LogP contribution < -0.4 is 30.9 Å². The largest absolute Gasteiger partial charge is 0.494 e. The maximum Gasteiger partial charge on any atom is 0.144 e. The van der Waals surface area contributed by atoms with Gasteiger partial charge in [-0.2, -0.15) is 0 Å². The average molecular weight is 589 g/mol. The number of ether oxygens (including phenoxy) is 1. The Balaban J connectivity index is 1.35. The molecule has 2 aliphatic rings. The number of methoxy groups -OCH3 is 1. The van der Waals surface area contributed by atoms with Gasteiger partial charge in [-0.1, -0.05) is 35.3 Å². The minimum Gasteiger partial charge on any atom is -0.494 e. The Labute approximate surface area is 241 Å². The molecule has 2 aromatic carbocycles. The van der Waals surface area contributed by atoms with Crippen molar-refractivity contribution in [3.63, 3.8) is 0 Å². The zero-order chi connectivity index (χ0) is 27.6. The monoisotopic (exact) mass is 587 g/mol. The number of nitrogens with zero attached hydrogens (tertiary/aromatic N) is 2. The predicted octanol–water partition coefficient (Wildman–Crippen LogP) is 7.10. The molecule has 208 valence electrons. The molecule has 1 spiro atoms. The number of pyridine rings is 1. The summed E-state index contributed by atoms with van der Waals surface area (Å²) in [6.07, 6.45) is 6.47. The van der Waals surface area contributed by atoms with Crippen molar-refractivity contribution in [2.75, 3.05) is 62.2 Å². The van der Waals surface area contributed by atoms with E-state index in [1.807, 2.05) is 42.5 Å². The highest BCUT2D eigenvalue weighted by atomic mass is 35.5. The van der Waals surface area contributed by atoms with Crippen molar-refractivity contribution in [3.05, 3.63) is 58.7 Å². The van der Waals surface area contributed by atoms with Crippen molar-refractivity contribution in [2.24, 2.45) is 5.41 Å². The third kappa shape index (κ3) is 6.33. The molecule has 0 unspecified atom stereocenters. The number of hydrogen-bond acceptors (Lipinski definition) is 7. The second-order valence-electron chi connectivity index (χ2n) is 10.9. The van der Waals surface area contributed by atoms with Crippen LogP contribution in [0.1, 0.15) is 25.7 Å². The fourth-order valence-electron chi connectivity index (χ4n) is 5.67. The number of hydrogen-bond donors (Lipinski definition) is 3. The van der Waals surface area contributed by atoms with Crippen molar-refractivity contribution in [2.45, 2.75) is 25.7 Å². The van der Waals surface area contributed by atoms with Crippen LogP contribution in [0.3, 0.4) is 0 Å². The van der Waals surface area contributed by atoms with Gasteiger partial charge in [0.2, 0.25) is 0 Å². The third-order valence-corrected chi connectivity index (χ3v) is 10.1. The van der Waals surface area contributed by atoms with Gasteiger partial charge in [-0.25, -0.2) is 4.98 Å². The van der Waals surface area contributed by atoms with Gasteiger partial charge in [-0.15, -0.1) is 0 Å². The summed E-state index contributed by atoms with van der Waals surface area (Å²) in [5.74, 6) is 1.26. The molecule has 0 radical (unpaired) electrons. The van der Waals surface area contributed by atoms with Crippen LogP contribution in [0, 0.1) is 5.41 Å². The quantitative estimate of drug-likeness (QED) is 0.254. The number of aromatic nitrogens is 1. The van der Waals surface area contributed by atoms with E-state index in [1.165, 1.54) is 25.7 Å². The topological polar surface area (TPSA) is 78.5 Å². The molecule has 0 atom stereocenters. The van der Waals surface area contributed by atoms with Gasteiger partial charge in [0.15, 0.2) is 0 Å². The lowest BCUT2D eigenvalue weighted by Gasteiger charge is -2.45. The Morgan fingerprint density at radius 2 is 1.67 bits per heavy atom. The Morgan fingerprint density at radius 1 is 0.949 bits per heavy atom. The van der Waals surface area contributed by atoms with E-state index in [2.05, 4.69) is 25.8 Å². The lowest BCUT2D eigenvalue weighted by Crippen LogP contribution is -2.45. The summed E-state index contributed by atoms with van der Waals surface area (Å²) in [5, 5.41) is 12.1. The number of piperidine rings is 2. The first-order valence-electron chi connectivity index (χ1n) is 13.3. The second kappa shape index (κ2) is 11.6. The van der Waals surface area contributed by atoms with Crippen LogP contribution in [-0.2, 0) is 4.57 Å². The second-order valence-corrected chi connectivity index (χ2v) is 14.9. The van der Waals surface area contributed by atoms with E-state index in [1.54, 1.807) is 26.6 Å². The molecule has 2 fully saturated rings. The number of nitrogens with one attached hydrogen (secondary N) is 3. The first-order chi connectivity index (χ1) is 18.7. The zero-order valence-electron chi connectivity index (χ0n) is 22.7. The van der Waals surface area contributed by atoms with E-state index in [4.69, 9.17) is 27.9 Å². The zero-order valence-corrected chi connectivity index (χ0v) is 25.1. The van der Waals surface area contributed by atoms with Crippen LogP contribution in [0.15, 0.2) is 48.7 Å². The predicted molar refractivity (Wildman–Crippen MR) is 165 cm³/mol. The van der Waals surface area contributed by atoms with E-state index in [9.17, 15) is 4.57 Å². The Hall–Kier alpha value is -2.44. The Bertz CT molecular complexity index is 1380. The molecule has 2 saturated heterocycles. The summed E-state index contributed by atoms with van der Waals surface area (Å²) >= 11 is 13.3. The van der Waals surface area contributed by atoms with Gasteiger partial charge in [0.05, 0.1) is 40.4 Å². The lowest BCUT2D eigenvalue weighted by molar-refractivity contribution is 0.155. The normalized spacial score (nSPS) is 17.2. The average Bonchev–Trinajstić information content (AvgIpc) is 2.92. The molecule has 0 aliphatic carbocycles. The van der Waals surface area contributed by atoms with Crippen LogP contribution in [-0.4, -0.2) is 51.6 Å². The minimum atomic E-state index is -2.49. The molecular weight excluding hydrogens is 552 g/mol. The molecule has 5 rings (SSSR count). The van der Waals surface area contributed by atoms with E-state index in [-0.39, 0.29) is 0 Å². The Kier molecular flexibility index (Phi) is 8.34. The highest BCUT2D eigenvalue weighted by Gasteiger charge is 2.36. The smallest absolute Gasteiger partial charge is 0.144 e. The summed E-state index contributed by atoms with van der Waals surface area (Å²) in [5.41, 5.74) is 3.58. The summed E-state index contributed by atoms with van der Waals surface area (Å²) < 4.78 is 18.6. The maximum absolute atomic E-state index is 12.8. The molecule has 39 heavy (non-hydrogen) atoms. The standard InChI is InChI=1S/C29H36Cl2N5O2P/c1-38-26-18-25(36-14-10-29(11-15-36)8-12-32-13-9-29)20(30)16-24(26)35-28-17-23(21(31)19-33-28)34-22-6-4-5-7-27(22)39(2,3)37/h4-7,16-19,32H,8-15H2,1-3H3,(H2,33,34,35). The molecular formula is C29H36Cl2N5O2P. The van der Waals surface area contributed by atoms with E-state index < -0.39 is 7.14 Å². The number of para-hydroxylation sites is 1. The van der Waals surface area contributed by atoms with Gasteiger partial charge >= 0.3 is 0 Å². The molecule has 3 N–H and O–H groups in total. The van der Waals surface area contributed by atoms with Gasteiger partial charge in [-0.3, -0.25) is 0 Å². The highest BCUT2D eigenvalue weighted by molar-refractivity contribution is 7.70. The number of anilines is 5. The maximum atomic E-state index is 12.8. The molecule has 0 amide bonds. The van der Waals surface area contributed by atoms with E-state index >= 15 is 0 Å². The first kappa shape index (κ1) is 28.1. The summed E-state index contributed by atoms with van der Waals surface area (Å²) in [6, 6.07) is 13.3. The molecule has 1 aromatic heterocycles. The van der Waals surface area contributed by atoms with Crippen molar-refractivity contribution in [1.82, 2.24) is 10.3 Å². The van der Waals surface area contributed by atoms with Crippen LogP contribution in [0.4, 0.5) is 28.6 Å². The van der Waals surface area contributed by atoms with Gasteiger partial charge < -0.3 is 30.2 Å². The molecule has 7 nitrogen and oxygen atoms in total. The van der Waals surface area contributed by atoms with Crippen molar-refractivity contribution in [3.8, 4) is 5.75 Å². The van der Waals surface area contributed by atoms with Crippen LogP contribution in [0.25, 0.3) is 0 Å². The van der Waals surface area contributed by atoms with E-state index in [0.29, 0.717) is 38.4 Å². The minimum absolute atomic E-state index is 0.453. The summed E-state index contributed by atoms with van der Waals surface area (Å²) in [6.45, 7) is 7.74. The molecule has 0 bridgehead atoms. The van der Waals surface area contributed by atoms with Gasteiger partial charge in [-0.05, 0) is 75.7 Å². The van der Waals surface area contributed by atoms with Gasteiger partial charge in [0.25, 0.3) is 0 Å². The number of halogens is 2. The first-order valence-corrected chi connectivity index (χ1v) is 16.7. The van der Waals surface area contributed by atoms with Crippen molar-refractivity contribution < 1.29 is 9.30 Å². The number of rotatable bonds is 7. The lowest BCUT2D eigenvalue weighted by atomic mass is 9.71. The summed E-state index contributed by atoms with van der Waals surface area (Å²) in [4.78, 5) is 6.84. The van der Waals surface area contributed by atoms with Crippen LogP contribution in [0.5, 0.6) is 5.75 Å². The molecule has 3 aromatic rings. The molecule has 10 heteroatoms. The molecule has 0 saturated carbocycles. The van der Waals surface area contributed by atoms with Crippen LogP contribution in [0.2, 0.25) is 10.0 Å². The highest BCUT2D eigenvalue weighted by Crippen LogP contribution is 2.44. The van der Waals surface area contributed by atoms with E-state index in [0.717, 1.165) is 42.9 Å². The van der Waals surface area contributed by atoms with Crippen molar-refractivity contribution in [1.29, 1.82) is 0 Å². The third-order valence-electron chi connectivity index (χ3n) is 7.97.